The molecule has 1 aromatic carbocycles. The first kappa shape index (κ1) is 14.4. The molecule has 0 aliphatic heterocycles. The number of halogens is 1. The van der Waals surface area contributed by atoms with Gasteiger partial charge in [-0.05, 0) is 37.0 Å². The molecule has 0 radical (unpaired) electrons. The Morgan fingerprint density at radius 3 is 3.00 bits per heavy atom. The molecule has 0 unspecified atom stereocenters. The molecule has 0 atom stereocenters. The van der Waals surface area contributed by atoms with E-state index in [9.17, 15) is 4.79 Å². The lowest BCUT2D eigenvalue weighted by Crippen LogP contribution is -2.33. The standard InChI is InChI=1S/C15H18BrN3O2/c1-18(8-10-3-4-10)14(20)9-21-15-12-7-11(16)5-6-13(12)19(2)17-15/h5-7,10H,3-4,8-9H2,1-2H3. The number of nitrogens with zero attached hydrogens (tertiary/aromatic N) is 3. The van der Waals surface area contributed by atoms with Crippen LogP contribution in [0.15, 0.2) is 22.7 Å². The minimum Gasteiger partial charge on any atom is -0.466 e. The molecule has 1 saturated carbocycles. The first-order valence-corrected chi connectivity index (χ1v) is 7.83. The number of fused-ring (bicyclic) bond motifs is 1. The van der Waals surface area contributed by atoms with Gasteiger partial charge in [0.1, 0.15) is 0 Å². The van der Waals surface area contributed by atoms with Crippen LogP contribution in [0.1, 0.15) is 12.8 Å². The minimum atomic E-state index is -0.00398. The molecule has 0 spiro atoms. The van der Waals surface area contributed by atoms with Crippen molar-refractivity contribution in [2.45, 2.75) is 12.8 Å². The third-order valence-electron chi connectivity index (χ3n) is 3.77. The van der Waals surface area contributed by atoms with E-state index in [1.807, 2.05) is 32.3 Å². The number of aryl methyl sites for hydroxylation is 1. The number of rotatable bonds is 5. The normalized spacial score (nSPS) is 14.4. The van der Waals surface area contributed by atoms with E-state index in [-0.39, 0.29) is 12.5 Å². The topological polar surface area (TPSA) is 47.4 Å². The molecule has 112 valence electrons. The molecule has 3 rings (SSSR count). The summed E-state index contributed by atoms with van der Waals surface area (Å²) >= 11 is 3.45. The van der Waals surface area contributed by atoms with Gasteiger partial charge in [0.25, 0.3) is 5.91 Å². The van der Waals surface area contributed by atoms with Crippen LogP contribution < -0.4 is 4.74 Å². The molecule has 1 aliphatic carbocycles. The Kier molecular flexibility index (Phi) is 3.89. The summed E-state index contributed by atoms with van der Waals surface area (Å²) in [4.78, 5) is 13.8. The molecule has 2 aromatic rings. The van der Waals surface area contributed by atoms with Crippen LogP contribution >= 0.6 is 15.9 Å². The molecule has 0 bridgehead atoms. The van der Waals surface area contributed by atoms with Gasteiger partial charge in [0.2, 0.25) is 5.88 Å². The highest BCUT2D eigenvalue weighted by Gasteiger charge is 2.25. The lowest BCUT2D eigenvalue weighted by atomic mass is 10.2. The van der Waals surface area contributed by atoms with Gasteiger partial charge in [0.05, 0.1) is 10.9 Å². The van der Waals surface area contributed by atoms with Crippen molar-refractivity contribution >= 4 is 32.7 Å². The Morgan fingerprint density at radius 1 is 1.52 bits per heavy atom. The minimum absolute atomic E-state index is 0.00398. The quantitative estimate of drug-likeness (QED) is 0.831. The van der Waals surface area contributed by atoms with Gasteiger partial charge in [-0.1, -0.05) is 15.9 Å². The Balaban J connectivity index is 1.69. The number of ether oxygens (including phenoxy) is 1. The molecule has 1 aromatic heterocycles. The number of amides is 1. The summed E-state index contributed by atoms with van der Waals surface area (Å²) in [5.74, 6) is 1.18. The zero-order chi connectivity index (χ0) is 15.0. The van der Waals surface area contributed by atoms with Crippen molar-refractivity contribution in [3.63, 3.8) is 0 Å². The van der Waals surface area contributed by atoms with Crippen LogP contribution in [0.2, 0.25) is 0 Å². The second kappa shape index (κ2) is 5.67. The molecular formula is C15H18BrN3O2. The highest BCUT2D eigenvalue weighted by Crippen LogP contribution is 2.30. The number of hydrogen-bond donors (Lipinski definition) is 0. The Labute approximate surface area is 132 Å². The summed E-state index contributed by atoms with van der Waals surface area (Å²) in [6.45, 7) is 0.860. The Morgan fingerprint density at radius 2 is 2.29 bits per heavy atom. The van der Waals surface area contributed by atoms with E-state index in [0.29, 0.717) is 11.8 Å². The molecule has 0 saturated heterocycles. The van der Waals surface area contributed by atoms with Gasteiger partial charge in [-0.25, -0.2) is 0 Å². The molecule has 6 heteroatoms. The van der Waals surface area contributed by atoms with Gasteiger partial charge in [0, 0.05) is 25.1 Å². The lowest BCUT2D eigenvalue weighted by molar-refractivity contribution is -0.132. The van der Waals surface area contributed by atoms with Crippen LogP contribution in [0.4, 0.5) is 0 Å². The second-order valence-corrected chi connectivity index (χ2v) is 6.51. The van der Waals surface area contributed by atoms with E-state index in [0.717, 1.165) is 21.9 Å². The molecule has 1 amide bonds. The van der Waals surface area contributed by atoms with E-state index in [4.69, 9.17) is 4.74 Å². The summed E-state index contributed by atoms with van der Waals surface area (Å²) in [5, 5.41) is 5.25. The van der Waals surface area contributed by atoms with E-state index >= 15 is 0 Å². The summed E-state index contributed by atoms with van der Waals surface area (Å²) in [6, 6.07) is 5.89. The highest BCUT2D eigenvalue weighted by atomic mass is 79.9. The van der Waals surface area contributed by atoms with Crippen LogP contribution in [0.5, 0.6) is 5.88 Å². The lowest BCUT2D eigenvalue weighted by Gasteiger charge is -2.16. The number of hydrogen-bond acceptors (Lipinski definition) is 3. The van der Waals surface area contributed by atoms with Crippen molar-refractivity contribution < 1.29 is 9.53 Å². The predicted octanol–water partition coefficient (Wildman–Crippen LogP) is 2.58. The number of carbonyl (C=O) groups excluding carboxylic acids is 1. The van der Waals surface area contributed by atoms with E-state index in [1.54, 1.807) is 9.58 Å². The largest absolute Gasteiger partial charge is 0.466 e. The van der Waals surface area contributed by atoms with E-state index in [1.165, 1.54) is 12.8 Å². The molecule has 1 aliphatic rings. The fourth-order valence-electron chi connectivity index (χ4n) is 2.34. The molecule has 5 nitrogen and oxygen atoms in total. The summed E-state index contributed by atoms with van der Waals surface area (Å²) in [6.07, 6.45) is 2.47. The molecule has 1 heterocycles. The van der Waals surface area contributed by atoms with Gasteiger partial charge < -0.3 is 9.64 Å². The summed E-state index contributed by atoms with van der Waals surface area (Å²) < 4.78 is 8.36. The molecule has 1 fully saturated rings. The van der Waals surface area contributed by atoms with Crippen molar-refractivity contribution in [1.82, 2.24) is 14.7 Å². The molecule has 0 N–H and O–H groups in total. The fraction of sp³-hybridized carbons (Fsp3) is 0.467. The van der Waals surface area contributed by atoms with Crippen LogP contribution in [0.25, 0.3) is 10.9 Å². The average molecular weight is 352 g/mol. The fourth-order valence-corrected chi connectivity index (χ4v) is 2.70. The van der Waals surface area contributed by atoms with Gasteiger partial charge in [-0.3, -0.25) is 9.48 Å². The molecular weight excluding hydrogens is 334 g/mol. The van der Waals surface area contributed by atoms with Crippen molar-refractivity contribution in [1.29, 1.82) is 0 Å². The Bertz CT molecular complexity index is 679. The van der Waals surface area contributed by atoms with Crippen LogP contribution in [0, 0.1) is 5.92 Å². The van der Waals surface area contributed by atoms with Gasteiger partial charge in [-0.15, -0.1) is 5.10 Å². The zero-order valence-corrected chi connectivity index (χ0v) is 13.8. The number of likely N-dealkylation sites (N-methyl/N-ethyl adjacent to an activating group) is 1. The van der Waals surface area contributed by atoms with Crippen molar-refractivity contribution in [2.24, 2.45) is 13.0 Å². The second-order valence-electron chi connectivity index (χ2n) is 5.60. The Hall–Kier alpha value is -1.56. The van der Waals surface area contributed by atoms with Crippen molar-refractivity contribution in [3.05, 3.63) is 22.7 Å². The maximum absolute atomic E-state index is 12.0. The van der Waals surface area contributed by atoms with Gasteiger partial charge >= 0.3 is 0 Å². The summed E-state index contributed by atoms with van der Waals surface area (Å²) in [5.41, 5.74) is 0.979. The third-order valence-corrected chi connectivity index (χ3v) is 4.26. The monoisotopic (exact) mass is 351 g/mol. The molecule has 21 heavy (non-hydrogen) atoms. The zero-order valence-electron chi connectivity index (χ0n) is 12.2. The third kappa shape index (κ3) is 3.20. The van der Waals surface area contributed by atoms with Crippen LogP contribution in [0.3, 0.4) is 0 Å². The first-order valence-electron chi connectivity index (χ1n) is 7.03. The van der Waals surface area contributed by atoms with Crippen molar-refractivity contribution in [2.75, 3.05) is 20.2 Å². The van der Waals surface area contributed by atoms with E-state index < -0.39 is 0 Å². The van der Waals surface area contributed by atoms with Crippen LogP contribution in [-0.4, -0.2) is 40.8 Å². The van der Waals surface area contributed by atoms with Crippen molar-refractivity contribution in [3.8, 4) is 5.88 Å². The smallest absolute Gasteiger partial charge is 0.260 e. The number of aromatic nitrogens is 2. The highest BCUT2D eigenvalue weighted by molar-refractivity contribution is 9.10. The van der Waals surface area contributed by atoms with Crippen LogP contribution in [-0.2, 0) is 11.8 Å². The van der Waals surface area contributed by atoms with Gasteiger partial charge in [-0.2, -0.15) is 0 Å². The summed E-state index contributed by atoms with van der Waals surface area (Å²) in [7, 11) is 3.70. The average Bonchev–Trinajstić information content (AvgIpc) is 3.21. The predicted molar refractivity (Wildman–Crippen MR) is 84.3 cm³/mol. The SMILES string of the molecule is CN(CC1CC1)C(=O)COc1nn(C)c2ccc(Br)cc12. The van der Waals surface area contributed by atoms with E-state index in [2.05, 4.69) is 21.0 Å². The number of benzene rings is 1. The van der Waals surface area contributed by atoms with Gasteiger partial charge in [0.15, 0.2) is 6.61 Å². The maximum atomic E-state index is 12.0. The number of carbonyl (C=O) groups is 1. The first-order chi connectivity index (χ1) is 10.0. The maximum Gasteiger partial charge on any atom is 0.260 e.